The van der Waals surface area contributed by atoms with Gasteiger partial charge in [0.05, 0.1) is 11.0 Å². The summed E-state index contributed by atoms with van der Waals surface area (Å²) in [6.07, 6.45) is 0. The van der Waals surface area contributed by atoms with E-state index in [0.29, 0.717) is 0 Å². The molecule has 16 aromatic carbocycles. The van der Waals surface area contributed by atoms with Crippen molar-refractivity contribution in [3.8, 4) is 83.8 Å². The Morgan fingerprint density at radius 1 is 0.200 bits per heavy atom. The van der Waals surface area contributed by atoms with E-state index in [1.165, 1.54) is 142 Å². The van der Waals surface area contributed by atoms with Crippen LogP contribution in [0.5, 0.6) is 0 Å². The maximum atomic E-state index is 5.20. The Kier molecular flexibility index (Phi) is 11.3. The molecule has 0 unspecified atom stereocenters. The zero-order chi connectivity index (χ0) is 56.0. The molecule has 0 aliphatic carbocycles. The average Bonchev–Trinajstić information content (AvgIpc) is 4.13. The fourth-order valence-electron chi connectivity index (χ4n) is 13.7. The van der Waals surface area contributed by atoms with Gasteiger partial charge in [0.1, 0.15) is 5.82 Å². The van der Waals surface area contributed by atoms with Crippen molar-refractivity contribution in [3.63, 3.8) is 0 Å². The van der Waals surface area contributed by atoms with Gasteiger partial charge < -0.3 is 0 Å². The summed E-state index contributed by atoms with van der Waals surface area (Å²) in [5.41, 5.74) is 18.7. The van der Waals surface area contributed by atoms with Crippen LogP contribution in [0.4, 0.5) is 0 Å². The van der Waals surface area contributed by atoms with Gasteiger partial charge in [-0.3, -0.25) is 4.57 Å². The zero-order valence-electron chi connectivity index (χ0n) is 46.4. The van der Waals surface area contributed by atoms with Crippen molar-refractivity contribution < 1.29 is 0 Å². The van der Waals surface area contributed by atoms with Crippen molar-refractivity contribution >= 4 is 86.4 Å². The van der Waals surface area contributed by atoms with E-state index in [1.807, 2.05) is 0 Å². The Labute approximate surface area is 492 Å². The number of para-hydroxylation sites is 3. The molecule has 85 heavy (non-hydrogen) atoms. The van der Waals surface area contributed by atoms with E-state index in [2.05, 4.69) is 320 Å². The Hall–Kier alpha value is -11.2. The third-order valence-electron chi connectivity index (χ3n) is 17.7. The SMILES string of the molecule is c1ccc(-n2c(-c3ccc4cc(-c5c6ccccc6c(-c6ccc7c(-c8ccc(-c9ccc%10ccccc%10c9)cc8)c8ccccc8c(-c8ccc(-c9ccc%10ccccc%10c9)cc8)c7c6)c6ccccc56)ccc4c3)nc3ccccc32)cc1. The zero-order valence-corrected chi connectivity index (χ0v) is 46.4. The van der Waals surface area contributed by atoms with Gasteiger partial charge in [0.15, 0.2) is 0 Å². The van der Waals surface area contributed by atoms with Crippen LogP contribution in [0.25, 0.3) is 170 Å². The lowest BCUT2D eigenvalue weighted by molar-refractivity contribution is 1.10. The van der Waals surface area contributed by atoms with Crippen LogP contribution in [0.1, 0.15) is 0 Å². The van der Waals surface area contributed by atoms with E-state index in [9.17, 15) is 0 Å². The first-order valence-electron chi connectivity index (χ1n) is 29.3. The van der Waals surface area contributed by atoms with E-state index in [1.54, 1.807) is 0 Å². The lowest BCUT2D eigenvalue weighted by Crippen LogP contribution is -1.97. The van der Waals surface area contributed by atoms with Gasteiger partial charge >= 0.3 is 0 Å². The van der Waals surface area contributed by atoms with Gasteiger partial charge in [-0.2, -0.15) is 0 Å². The molecule has 0 spiro atoms. The van der Waals surface area contributed by atoms with E-state index in [0.717, 1.165) is 28.1 Å². The van der Waals surface area contributed by atoms with Crippen molar-refractivity contribution in [3.05, 3.63) is 315 Å². The van der Waals surface area contributed by atoms with Crippen LogP contribution in [-0.4, -0.2) is 9.55 Å². The fourth-order valence-corrected chi connectivity index (χ4v) is 13.7. The molecule has 0 aliphatic heterocycles. The largest absolute Gasteiger partial charge is 0.292 e. The molecule has 394 valence electrons. The summed E-state index contributed by atoms with van der Waals surface area (Å²) >= 11 is 0. The van der Waals surface area contributed by atoms with Crippen LogP contribution in [0.15, 0.2) is 315 Å². The summed E-state index contributed by atoms with van der Waals surface area (Å²) in [5.74, 6) is 0.928. The first kappa shape index (κ1) is 48.5. The molecule has 0 atom stereocenters. The maximum Gasteiger partial charge on any atom is 0.145 e. The second kappa shape index (κ2) is 19.8. The molecular weight excluding hydrogens is 1020 g/mol. The third kappa shape index (κ3) is 8.14. The molecule has 17 aromatic rings. The number of aromatic nitrogens is 2. The summed E-state index contributed by atoms with van der Waals surface area (Å²) < 4.78 is 2.28. The molecule has 2 heteroatoms. The first-order chi connectivity index (χ1) is 42.1. The second-order valence-corrected chi connectivity index (χ2v) is 22.5. The topological polar surface area (TPSA) is 17.8 Å². The van der Waals surface area contributed by atoms with Crippen molar-refractivity contribution in [1.29, 1.82) is 0 Å². The molecule has 17 rings (SSSR count). The molecule has 0 saturated heterocycles. The summed E-state index contributed by atoms with van der Waals surface area (Å²) in [6.45, 7) is 0. The number of nitrogens with zero attached hydrogens (tertiary/aromatic N) is 2. The molecular formula is C83H52N2. The molecule has 0 bridgehead atoms. The number of imidazole rings is 1. The predicted octanol–water partition coefficient (Wildman–Crippen LogP) is 22.8. The van der Waals surface area contributed by atoms with E-state index >= 15 is 0 Å². The minimum absolute atomic E-state index is 0.928. The highest BCUT2D eigenvalue weighted by Crippen LogP contribution is 2.49. The van der Waals surface area contributed by atoms with E-state index in [4.69, 9.17) is 4.98 Å². The van der Waals surface area contributed by atoms with Crippen LogP contribution in [0.2, 0.25) is 0 Å². The molecule has 0 saturated carbocycles. The molecule has 1 aromatic heterocycles. The van der Waals surface area contributed by atoms with Gasteiger partial charge in [0.25, 0.3) is 0 Å². The Morgan fingerprint density at radius 2 is 0.529 bits per heavy atom. The highest BCUT2D eigenvalue weighted by molar-refractivity contribution is 6.25. The smallest absolute Gasteiger partial charge is 0.145 e. The molecule has 0 amide bonds. The predicted molar refractivity (Wildman–Crippen MR) is 362 cm³/mol. The molecule has 1 heterocycles. The minimum atomic E-state index is 0.928. The molecule has 0 aliphatic rings. The summed E-state index contributed by atoms with van der Waals surface area (Å²) in [4.78, 5) is 5.20. The summed E-state index contributed by atoms with van der Waals surface area (Å²) in [7, 11) is 0. The van der Waals surface area contributed by atoms with Crippen LogP contribution in [0, 0.1) is 0 Å². The van der Waals surface area contributed by atoms with Crippen LogP contribution in [-0.2, 0) is 0 Å². The third-order valence-corrected chi connectivity index (χ3v) is 17.7. The fraction of sp³-hybridized carbons (Fsp3) is 0. The standard InChI is InChI=1S/C83H52N2/c1-2-20-68(21-3-1)85-78-29-15-14-28-77(78)84-83(85)67-45-43-63-50-65(44-42-64(63)51-67)81-71-24-10-12-26-73(71)82(74-27-13-11-25-72(74)81)66-46-47-75-76(52-66)80(58-38-32-56(33-39-58)62-41-35-54-17-5-7-19-60(54)49-62)70-23-9-8-22-69(70)79(75)57-36-30-55(31-37-57)61-40-34-53-16-4-6-18-59(53)48-61/h1-52H. The van der Waals surface area contributed by atoms with Crippen LogP contribution < -0.4 is 0 Å². The lowest BCUT2D eigenvalue weighted by atomic mass is 9.82. The van der Waals surface area contributed by atoms with Gasteiger partial charge in [-0.1, -0.05) is 261 Å². The van der Waals surface area contributed by atoms with Crippen molar-refractivity contribution in [2.24, 2.45) is 0 Å². The monoisotopic (exact) mass is 1080 g/mol. The summed E-state index contributed by atoms with van der Waals surface area (Å²) in [6, 6.07) is 116. The number of rotatable bonds is 8. The van der Waals surface area contributed by atoms with Gasteiger partial charge in [0, 0.05) is 11.3 Å². The lowest BCUT2D eigenvalue weighted by Gasteiger charge is -2.21. The van der Waals surface area contributed by atoms with Gasteiger partial charge in [0.2, 0.25) is 0 Å². The molecule has 0 N–H and O–H groups in total. The van der Waals surface area contributed by atoms with Crippen molar-refractivity contribution in [2.45, 2.75) is 0 Å². The minimum Gasteiger partial charge on any atom is -0.292 e. The van der Waals surface area contributed by atoms with Gasteiger partial charge in [-0.05, 0) is 197 Å². The molecule has 0 radical (unpaired) electrons. The van der Waals surface area contributed by atoms with E-state index in [-0.39, 0.29) is 0 Å². The van der Waals surface area contributed by atoms with Gasteiger partial charge in [-0.15, -0.1) is 0 Å². The highest BCUT2D eigenvalue weighted by atomic mass is 15.1. The second-order valence-electron chi connectivity index (χ2n) is 22.5. The van der Waals surface area contributed by atoms with Crippen LogP contribution in [0.3, 0.4) is 0 Å². The quantitative estimate of drug-likeness (QED) is 0.139. The Bertz CT molecular complexity index is 5460. The number of benzene rings is 16. The highest BCUT2D eigenvalue weighted by Gasteiger charge is 2.22. The van der Waals surface area contributed by atoms with E-state index < -0.39 is 0 Å². The number of fused-ring (bicyclic) bond motifs is 8. The summed E-state index contributed by atoms with van der Waals surface area (Å²) in [5, 5.41) is 17.1. The Balaban J connectivity index is 0.837. The normalized spacial score (nSPS) is 11.8. The molecule has 2 nitrogen and oxygen atoms in total. The van der Waals surface area contributed by atoms with Crippen LogP contribution >= 0.6 is 0 Å². The average molecular weight is 1080 g/mol. The number of hydrogen-bond donors (Lipinski definition) is 0. The molecule has 0 fully saturated rings. The van der Waals surface area contributed by atoms with Gasteiger partial charge in [-0.25, -0.2) is 4.98 Å². The Morgan fingerprint density at radius 3 is 1.07 bits per heavy atom. The first-order valence-corrected chi connectivity index (χ1v) is 29.3. The van der Waals surface area contributed by atoms with Crippen molar-refractivity contribution in [1.82, 2.24) is 9.55 Å². The maximum absolute atomic E-state index is 5.20. The number of hydrogen-bond acceptors (Lipinski definition) is 1. The van der Waals surface area contributed by atoms with Crippen molar-refractivity contribution in [2.75, 3.05) is 0 Å².